The number of ether oxygens (including phenoxy) is 2. The molecule has 0 amide bonds. The molecule has 4 rings (SSSR count). The number of nitrogens with zero attached hydrogens (tertiary/aromatic N) is 3. The number of fused-ring (bicyclic) bond motifs is 1. The summed E-state index contributed by atoms with van der Waals surface area (Å²) in [6, 6.07) is 8.00. The van der Waals surface area contributed by atoms with Gasteiger partial charge in [0.25, 0.3) is 0 Å². The van der Waals surface area contributed by atoms with Gasteiger partial charge in [-0.05, 0) is 36.1 Å². The van der Waals surface area contributed by atoms with E-state index in [2.05, 4.69) is 27.8 Å². The number of thiophene rings is 1. The molecule has 25 heavy (non-hydrogen) atoms. The molecule has 3 aromatic rings. The van der Waals surface area contributed by atoms with Crippen LogP contribution in [0.5, 0.6) is 11.5 Å². The summed E-state index contributed by atoms with van der Waals surface area (Å²) in [5.74, 6) is 3.00. The highest BCUT2D eigenvalue weighted by atomic mass is 35.5. The molecule has 0 saturated heterocycles. The number of hydrogen-bond donors (Lipinski definition) is 0. The molecular weight excluding hydrogens is 378 g/mol. The summed E-state index contributed by atoms with van der Waals surface area (Å²) in [6.07, 6.45) is 0. The molecule has 0 unspecified atom stereocenters. The fourth-order valence-corrected chi connectivity index (χ4v) is 4.60. The molecular formula is C17H16ClN3O2S2. The van der Waals surface area contributed by atoms with Crippen molar-refractivity contribution in [3.8, 4) is 22.2 Å². The van der Waals surface area contributed by atoms with Gasteiger partial charge >= 0.3 is 0 Å². The lowest BCUT2D eigenvalue weighted by Gasteiger charge is -2.20. The molecule has 0 bridgehead atoms. The summed E-state index contributed by atoms with van der Waals surface area (Å²) < 4.78 is 13.3. The molecule has 2 aromatic heterocycles. The number of benzene rings is 1. The largest absolute Gasteiger partial charge is 0.486 e. The first kappa shape index (κ1) is 16.8. The van der Waals surface area contributed by atoms with Crippen molar-refractivity contribution in [1.29, 1.82) is 0 Å². The lowest BCUT2D eigenvalue weighted by atomic mass is 10.2. The van der Waals surface area contributed by atoms with Crippen LogP contribution in [0.25, 0.3) is 10.7 Å². The second kappa shape index (κ2) is 7.27. The minimum absolute atomic E-state index is 0.534. The van der Waals surface area contributed by atoms with E-state index in [0.717, 1.165) is 33.7 Å². The maximum absolute atomic E-state index is 6.31. The number of thioether (sulfide) groups is 1. The minimum atomic E-state index is 0.534. The first-order valence-corrected chi connectivity index (χ1v) is 10.2. The van der Waals surface area contributed by atoms with E-state index in [1.54, 1.807) is 23.1 Å². The van der Waals surface area contributed by atoms with Crippen molar-refractivity contribution in [3.05, 3.63) is 40.2 Å². The molecule has 0 aliphatic carbocycles. The molecule has 0 fully saturated rings. The summed E-state index contributed by atoms with van der Waals surface area (Å²) in [5.41, 5.74) is 1.07. The Morgan fingerprint density at radius 2 is 2.16 bits per heavy atom. The van der Waals surface area contributed by atoms with Crippen LogP contribution in [0.15, 0.2) is 34.8 Å². The van der Waals surface area contributed by atoms with Gasteiger partial charge in [-0.15, -0.1) is 21.5 Å². The Morgan fingerprint density at radius 3 is 2.96 bits per heavy atom. The molecule has 8 heteroatoms. The van der Waals surface area contributed by atoms with Gasteiger partial charge in [-0.1, -0.05) is 29.4 Å². The van der Waals surface area contributed by atoms with Crippen molar-refractivity contribution < 1.29 is 9.47 Å². The normalized spacial score (nSPS) is 13.2. The highest BCUT2D eigenvalue weighted by Crippen LogP contribution is 2.39. The Balaban J connectivity index is 1.55. The molecule has 0 N–H and O–H groups in total. The Labute approximate surface area is 158 Å². The zero-order valence-corrected chi connectivity index (χ0v) is 16.0. The highest BCUT2D eigenvalue weighted by molar-refractivity contribution is 7.98. The fourth-order valence-electron chi connectivity index (χ4n) is 2.66. The van der Waals surface area contributed by atoms with Crippen molar-refractivity contribution in [3.63, 3.8) is 0 Å². The first-order valence-electron chi connectivity index (χ1n) is 7.94. The van der Waals surface area contributed by atoms with Gasteiger partial charge in [-0.2, -0.15) is 0 Å². The number of hydrogen-bond acceptors (Lipinski definition) is 6. The Kier molecular flexibility index (Phi) is 4.87. The van der Waals surface area contributed by atoms with Crippen molar-refractivity contribution in [2.24, 2.45) is 0 Å². The third kappa shape index (κ3) is 3.36. The molecule has 1 aromatic carbocycles. The van der Waals surface area contributed by atoms with Crippen LogP contribution >= 0.6 is 34.7 Å². The van der Waals surface area contributed by atoms with E-state index in [1.165, 1.54) is 0 Å². The van der Waals surface area contributed by atoms with Crippen LogP contribution < -0.4 is 9.47 Å². The molecule has 1 aliphatic heterocycles. The predicted octanol–water partition coefficient (Wildman–Crippen LogP) is 4.74. The lowest BCUT2D eigenvalue weighted by Crippen LogP contribution is -2.15. The van der Waals surface area contributed by atoms with E-state index >= 15 is 0 Å². The average molecular weight is 394 g/mol. The Morgan fingerprint density at radius 1 is 1.28 bits per heavy atom. The third-order valence-corrected chi connectivity index (χ3v) is 5.98. The second-order valence-electron chi connectivity index (χ2n) is 5.42. The van der Waals surface area contributed by atoms with Gasteiger partial charge in [-0.25, -0.2) is 0 Å². The summed E-state index contributed by atoms with van der Waals surface area (Å²) in [7, 11) is 0. The van der Waals surface area contributed by atoms with Crippen LogP contribution in [-0.2, 0) is 12.3 Å². The van der Waals surface area contributed by atoms with E-state index < -0.39 is 0 Å². The first-order chi connectivity index (χ1) is 12.3. The van der Waals surface area contributed by atoms with Crippen LogP contribution in [0, 0.1) is 0 Å². The minimum Gasteiger partial charge on any atom is -0.486 e. The van der Waals surface area contributed by atoms with Crippen LogP contribution in [0.3, 0.4) is 0 Å². The molecule has 0 spiro atoms. The maximum Gasteiger partial charge on any atom is 0.191 e. The van der Waals surface area contributed by atoms with E-state index in [4.69, 9.17) is 21.1 Å². The van der Waals surface area contributed by atoms with Crippen LogP contribution in [0.1, 0.15) is 12.5 Å². The predicted molar refractivity (Wildman–Crippen MR) is 101 cm³/mol. The lowest BCUT2D eigenvalue weighted by molar-refractivity contribution is 0.171. The second-order valence-corrected chi connectivity index (χ2v) is 7.72. The zero-order valence-electron chi connectivity index (χ0n) is 13.6. The molecule has 3 heterocycles. The van der Waals surface area contributed by atoms with Crippen molar-refractivity contribution in [2.75, 3.05) is 13.2 Å². The monoisotopic (exact) mass is 393 g/mol. The topological polar surface area (TPSA) is 49.2 Å². The Bertz CT molecular complexity index is 880. The van der Waals surface area contributed by atoms with E-state index in [9.17, 15) is 0 Å². The average Bonchev–Trinajstić information content (AvgIpc) is 3.29. The maximum atomic E-state index is 6.31. The van der Waals surface area contributed by atoms with Gasteiger partial charge in [0.1, 0.15) is 13.2 Å². The third-order valence-electron chi connectivity index (χ3n) is 3.80. The van der Waals surface area contributed by atoms with Gasteiger partial charge in [-0.3, -0.25) is 0 Å². The van der Waals surface area contributed by atoms with E-state index in [0.29, 0.717) is 29.7 Å². The Hall–Kier alpha value is -1.70. The quantitative estimate of drug-likeness (QED) is 0.586. The standard InChI is InChI=1S/C17H16ClN3O2S2/c1-2-21-16(14-4-3-7-24-14)19-20-17(21)25-10-11-8-12(18)15-13(9-11)22-5-6-23-15/h3-4,7-9H,2,5-6,10H2,1H3. The summed E-state index contributed by atoms with van der Waals surface area (Å²) in [4.78, 5) is 1.13. The number of aromatic nitrogens is 3. The SMILES string of the molecule is CCn1c(SCc2cc(Cl)c3c(c2)OCCO3)nnc1-c1cccs1. The van der Waals surface area contributed by atoms with Gasteiger partial charge in [0.15, 0.2) is 22.5 Å². The molecule has 1 aliphatic rings. The smallest absolute Gasteiger partial charge is 0.191 e. The zero-order chi connectivity index (χ0) is 17.2. The number of halogens is 1. The van der Waals surface area contributed by atoms with Crippen molar-refractivity contribution in [2.45, 2.75) is 24.4 Å². The van der Waals surface area contributed by atoms with Gasteiger partial charge in [0, 0.05) is 12.3 Å². The molecule has 0 saturated carbocycles. The van der Waals surface area contributed by atoms with Gasteiger partial charge < -0.3 is 14.0 Å². The van der Waals surface area contributed by atoms with Crippen LogP contribution in [0.2, 0.25) is 5.02 Å². The van der Waals surface area contributed by atoms with Gasteiger partial charge in [0.05, 0.1) is 9.90 Å². The molecule has 130 valence electrons. The molecule has 0 atom stereocenters. The van der Waals surface area contributed by atoms with Crippen molar-refractivity contribution >= 4 is 34.7 Å². The molecule has 5 nitrogen and oxygen atoms in total. The van der Waals surface area contributed by atoms with Gasteiger partial charge in [0.2, 0.25) is 0 Å². The fraction of sp³-hybridized carbons (Fsp3) is 0.294. The van der Waals surface area contributed by atoms with Crippen molar-refractivity contribution in [1.82, 2.24) is 14.8 Å². The van der Waals surface area contributed by atoms with E-state index in [1.807, 2.05) is 23.6 Å². The molecule has 0 radical (unpaired) electrons. The van der Waals surface area contributed by atoms with E-state index in [-0.39, 0.29) is 0 Å². The highest BCUT2D eigenvalue weighted by Gasteiger charge is 2.18. The summed E-state index contributed by atoms with van der Waals surface area (Å²) in [5, 5.41) is 12.3. The summed E-state index contributed by atoms with van der Waals surface area (Å²) in [6.45, 7) is 4.01. The van der Waals surface area contributed by atoms with Crippen LogP contribution in [0.4, 0.5) is 0 Å². The summed E-state index contributed by atoms with van der Waals surface area (Å²) >= 11 is 9.62. The number of rotatable bonds is 5. The van der Waals surface area contributed by atoms with Crippen LogP contribution in [-0.4, -0.2) is 28.0 Å².